The van der Waals surface area contributed by atoms with Gasteiger partial charge in [0.2, 0.25) is 5.91 Å². The minimum atomic E-state index is -4.40. The van der Waals surface area contributed by atoms with Crippen LogP contribution in [0.25, 0.3) is 11.1 Å². The number of hydrogen-bond acceptors (Lipinski definition) is 6. The summed E-state index contributed by atoms with van der Waals surface area (Å²) in [7, 11) is 0. The maximum atomic E-state index is 14.3. The quantitative estimate of drug-likeness (QED) is 0.0728. The Labute approximate surface area is 303 Å². The Hall–Kier alpha value is -4.75. The van der Waals surface area contributed by atoms with E-state index in [2.05, 4.69) is 20.1 Å². The van der Waals surface area contributed by atoms with E-state index in [4.69, 9.17) is 4.98 Å². The van der Waals surface area contributed by atoms with Crippen LogP contribution in [0.2, 0.25) is 0 Å². The molecule has 1 atom stereocenters. The van der Waals surface area contributed by atoms with Crippen LogP contribution >= 0.6 is 11.8 Å². The summed E-state index contributed by atoms with van der Waals surface area (Å²) < 4.78 is 52.7. The SMILES string of the molecule is CC(c1cn[nH]c1)c1c(CC(=O)N(CCN2CCCCC2)Cc2ccc(-c3ccc(C(F)(F)F)cc3)cc2)nc(SCc2ccc(F)cc2)[nH]c1=O. The van der Waals surface area contributed by atoms with E-state index in [1.165, 1.54) is 42.4 Å². The molecule has 2 aromatic heterocycles. The first-order valence-corrected chi connectivity index (χ1v) is 18.3. The third-order valence-electron chi connectivity index (χ3n) is 9.43. The molecule has 0 saturated carbocycles. The lowest BCUT2D eigenvalue weighted by atomic mass is 9.94. The molecule has 0 radical (unpaired) electrons. The first-order valence-electron chi connectivity index (χ1n) is 17.3. The fourth-order valence-electron chi connectivity index (χ4n) is 6.42. The van der Waals surface area contributed by atoms with Crippen LogP contribution in [0.4, 0.5) is 17.6 Å². The van der Waals surface area contributed by atoms with Crippen LogP contribution in [0.1, 0.15) is 65.6 Å². The van der Waals surface area contributed by atoms with Gasteiger partial charge in [0.05, 0.1) is 23.9 Å². The van der Waals surface area contributed by atoms with E-state index >= 15 is 0 Å². The summed E-state index contributed by atoms with van der Waals surface area (Å²) in [5, 5.41) is 7.20. The third kappa shape index (κ3) is 9.56. The zero-order valence-corrected chi connectivity index (χ0v) is 29.6. The number of nitrogens with zero attached hydrogens (tertiary/aromatic N) is 4. The predicted molar refractivity (Wildman–Crippen MR) is 193 cm³/mol. The smallest absolute Gasteiger partial charge is 0.337 e. The van der Waals surface area contributed by atoms with Crippen LogP contribution in [-0.4, -0.2) is 62.1 Å². The van der Waals surface area contributed by atoms with Crippen molar-refractivity contribution in [1.82, 2.24) is 30.0 Å². The normalized spacial score (nSPS) is 14.3. The van der Waals surface area contributed by atoms with Crippen molar-refractivity contribution in [3.05, 3.63) is 135 Å². The number of carbonyl (C=O) groups excluding carboxylic acids is 1. The topological polar surface area (TPSA) is 98.0 Å². The molecule has 1 amide bonds. The molecule has 2 N–H and O–H groups in total. The van der Waals surface area contributed by atoms with E-state index in [-0.39, 0.29) is 23.7 Å². The van der Waals surface area contributed by atoms with Crippen molar-refractivity contribution in [3.63, 3.8) is 0 Å². The third-order valence-corrected chi connectivity index (χ3v) is 10.4. The Kier molecular flexibility index (Phi) is 11.9. The number of aromatic amines is 2. The van der Waals surface area contributed by atoms with E-state index in [1.54, 1.807) is 29.4 Å². The summed E-state index contributed by atoms with van der Waals surface area (Å²) in [6.07, 6.45) is 2.27. The number of nitrogens with one attached hydrogen (secondary N) is 2. The maximum absolute atomic E-state index is 14.3. The predicted octanol–water partition coefficient (Wildman–Crippen LogP) is 7.82. The van der Waals surface area contributed by atoms with Gasteiger partial charge in [-0.3, -0.25) is 14.7 Å². The molecule has 1 aliphatic rings. The van der Waals surface area contributed by atoms with Gasteiger partial charge in [-0.25, -0.2) is 9.37 Å². The van der Waals surface area contributed by atoms with Gasteiger partial charge in [-0.2, -0.15) is 18.3 Å². The summed E-state index contributed by atoms with van der Waals surface area (Å²) in [5.74, 6) is -0.471. The summed E-state index contributed by atoms with van der Waals surface area (Å²) in [4.78, 5) is 39.8. The number of halogens is 4. The number of piperidine rings is 1. The molecular weight excluding hydrogens is 693 g/mol. The first kappa shape index (κ1) is 37.0. The van der Waals surface area contributed by atoms with Crippen molar-refractivity contribution in [2.75, 3.05) is 26.2 Å². The van der Waals surface area contributed by atoms with E-state index in [0.29, 0.717) is 47.4 Å². The monoisotopic (exact) mass is 732 g/mol. The number of aromatic nitrogens is 4. The van der Waals surface area contributed by atoms with Crippen molar-refractivity contribution < 1.29 is 22.4 Å². The highest BCUT2D eigenvalue weighted by molar-refractivity contribution is 7.98. The molecule has 5 aromatic rings. The van der Waals surface area contributed by atoms with Crippen molar-refractivity contribution in [2.24, 2.45) is 0 Å². The molecule has 0 bridgehead atoms. The average molecular weight is 733 g/mol. The van der Waals surface area contributed by atoms with Crippen LogP contribution in [0.5, 0.6) is 0 Å². The van der Waals surface area contributed by atoms with Crippen molar-refractivity contribution >= 4 is 17.7 Å². The highest BCUT2D eigenvalue weighted by Gasteiger charge is 2.30. The summed E-state index contributed by atoms with van der Waals surface area (Å²) in [5.41, 5.74) is 3.65. The number of rotatable bonds is 13. The van der Waals surface area contributed by atoms with Gasteiger partial charge < -0.3 is 14.8 Å². The highest BCUT2D eigenvalue weighted by Crippen LogP contribution is 2.31. The number of benzene rings is 3. The second kappa shape index (κ2) is 16.7. The Morgan fingerprint density at radius 2 is 1.60 bits per heavy atom. The zero-order chi connectivity index (χ0) is 36.7. The Morgan fingerprint density at radius 3 is 2.23 bits per heavy atom. The minimum absolute atomic E-state index is 0.102. The van der Waals surface area contributed by atoms with Crippen LogP contribution in [0.3, 0.4) is 0 Å². The Morgan fingerprint density at radius 1 is 0.942 bits per heavy atom. The number of carbonyl (C=O) groups is 1. The molecule has 1 saturated heterocycles. The molecule has 1 unspecified atom stereocenters. The number of H-pyrrole nitrogens is 2. The van der Waals surface area contributed by atoms with Crippen LogP contribution < -0.4 is 5.56 Å². The van der Waals surface area contributed by atoms with Gasteiger partial charge in [0.1, 0.15) is 5.82 Å². The van der Waals surface area contributed by atoms with E-state index in [1.807, 2.05) is 31.2 Å². The maximum Gasteiger partial charge on any atom is 0.416 e. The molecule has 3 heterocycles. The minimum Gasteiger partial charge on any atom is -0.337 e. The summed E-state index contributed by atoms with van der Waals surface area (Å²) >= 11 is 1.30. The van der Waals surface area contributed by atoms with Crippen LogP contribution in [0, 0.1) is 5.82 Å². The summed E-state index contributed by atoms with van der Waals surface area (Å²) in [6.45, 7) is 5.31. The number of likely N-dealkylation sites (tertiary alicyclic amines) is 1. The van der Waals surface area contributed by atoms with E-state index in [9.17, 15) is 27.2 Å². The fraction of sp³-hybridized carbons (Fsp3) is 0.333. The molecule has 6 rings (SSSR count). The van der Waals surface area contributed by atoms with E-state index < -0.39 is 17.7 Å². The summed E-state index contributed by atoms with van der Waals surface area (Å²) in [6, 6.07) is 18.6. The molecule has 0 aliphatic carbocycles. The zero-order valence-electron chi connectivity index (χ0n) is 28.8. The lowest BCUT2D eigenvalue weighted by Gasteiger charge is -2.30. The fourth-order valence-corrected chi connectivity index (χ4v) is 7.25. The second-order valence-electron chi connectivity index (χ2n) is 13.1. The molecule has 13 heteroatoms. The molecule has 52 heavy (non-hydrogen) atoms. The number of thioether (sulfide) groups is 1. The molecule has 0 spiro atoms. The highest BCUT2D eigenvalue weighted by atomic mass is 32.2. The van der Waals surface area contributed by atoms with Gasteiger partial charge in [-0.15, -0.1) is 0 Å². The Bertz CT molecular complexity index is 1980. The lowest BCUT2D eigenvalue weighted by Crippen LogP contribution is -2.41. The van der Waals surface area contributed by atoms with Crippen molar-refractivity contribution in [2.45, 2.75) is 62.2 Å². The molecule has 1 aliphatic heterocycles. The van der Waals surface area contributed by atoms with Gasteiger partial charge in [0.25, 0.3) is 5.56 Å². The lowest BCUT2D eigenvalue weighted by molar-refractivity contribution is -0.137. The molecule has 8 nitrogen and oxygen atoms in total. The average Bonchev–Trinajstić information content (AvgIpc) is 3.69. The van der Waals surface area contributed by atoms with Crippen LogP contribution in [-0.2, 0) is 29.7 Å². The Balaban J connectivity index is 1.25. The van der Waals surface area contributed by atoms with Crippen LogP contribution in [0.15, 0.2) is 95.1 Å². The van der Waals surface area contributed by atoms with Gasteiger partial charge >= 0.3 is 6.18 Å². The number of alkyl halides is 3. The van der Waals surface area contributed by atoms with Gasteiger partial charge in [0.15, 0.2) is 5.16 Å². The molecule has 1 fully saturated rings. The number of amides is 1. The van der Waals surface area contributed by atoms with Crippen molar-refractivity contribution in [3.8, 4) is 11.1 Å². The number of hydrogen-bond donors (Lipinski definition) is 2. The molecule has 3 aromatic carbocycles. The van der Waals surface area contributed by atoms with E-state index in [0.717, 1.165) is 60.3 Å². The first-order chi connectivity index (χ1) is 25.0. The van der Waals surface area contributed by atoms with Crippen molar-refractivity contribution in [1.29, 1.82) is 0 Å². The van der Waals surface area contributed by atoms with Gasteiger partial charge in [-0.1, -0.05) is 73.6 Å². The standard InChI is InChI=1S/C39H40F4N6O2S/c1-26(31-22-44-45-23-31)36-34(46-38(47-37(36)51)52-25-28-7-15-33(40)16-8-28)21-35(50)49(20-19-48-17-3-2-4-18-48)24-27-5-9-29(10-6-27)30-11-13-32(14-12-30)39(41,42)43/h5-16,22-23,26H,2-4,17-21,24-25H2,1H3,(H,44,45)(H,46,47,51). The largest absolute Gasteiger partial charge is 0.416 e. The molecule has 272 valence electrons. The van der Waals surface area contributed by atoms with Gasteiger partial charge in [-0.05, 0) is 78.0 Å². The van der Waals surface area contributed by atoms with Gasteiger partial charge in [0, 0.05) is 43.1 Å². The molecular formula is C39H40F4N6O2S. The second-order valence-corrected chi connectivity index (χ2v) is 14.0.